The number of hydrogen-bond donors (Lipinski definition) is 2. The standard InChI is InChI=1S/C5H8N4O2/c1-3-4(9-11-8-3)2-7-5(6)10/h2H2,1H3,(H3,6,7,10). The summed E-state index contributed by atoms with van der Waals surface area (Å²) in [5.41, 5.74) is 6.07. The number of aryl methyl sites for hydroxylation is 1. The maximum absolute atomic E-state index is 10.2. The minimum absolute atomic E-state index is 0.255. The van der Waals surface area contributed by atoms with Crippen molar-refractivity contribution in [1.82, 2.24) is 15.6 Å². The van der Waals surface area contributed by atoms with Gasteiger partial charge in [0.15, 0.2) is 0 Å². The summed E-state index contributed by atoms with van der Waals surface area (Å²) in [7, 11) is 0. The molecule has 6 nitrogen and oxygen atoms in total. The molecule has 3 N–H and O–H groups in total. The Morgan fingerprint density at radius 1 is 1.73 bits per heavy atom. The summed E-state index contributed by atoms with van der Waals surface area (Å²) < 4.78 is 4.39. The highest BCUT2D eigenvalue weighted by atomic mass is 16.6. The number of primary amides is 1. The molecule has 0 aromatic carbocycles. The smallest absolute Gasteiger partial charge is 0.312 e. The molecule has 0 saturated carbocycles. The normalized spacial score (nSPS) is 9.55. The molecule has 0 atom stereocenters. The number of carbonyl (C=O) groups is 1. The van der Waals surface area contributed by atoms with Crippen molar-refractivity contribution in [2.45, 2.75) is 13.5 Å². The molecule has 2 amide bonds. The Morgan fingerprint density at radius 2 is 2.45 bits per heavy atom. The van der Waals surface area contributed by atoms with E-state index in [1.807, 2.05) is 0 Å². The van der Waals surface area contributed by atoms with Crippen molar-refractivity contribution in [3.05, 3.63) is 11.4 Å². The Hall–Kier alpha value is -1.59. The van der Waals surface area contributed by atoms with Crippen LogP contribution in [0.5, 0.6) is 0 Å². The van der Waals surface area contributed by atoms with Crippen molar-refractivity contribution in [1.29, 1.82) is 0 Å². The number of nitrogens with one attached hydrogen (secondary N) is 1. The Kier molecular flexibility index (Phi) is 2.05. The maximum atomic E-state index is 10.2. The van der Waals surface area contributed by atoms with E-state index in [0.29, 0.717) is 11.4 Å². The zero-order chi connectivity index (χ0) is 8.27. The van der Waals surface area contributed by atoms with Gasteiger partial charge in [0.05, 0.1) is 6.54 Å². The highest BCUT2D eigenvalue weighted by molar-refractivity contribution is 5.71. The van der Waals surface area contributed by atoms with Crippen molar-refractivity contribution >= 4 is 6.03 Å². The molecule has 0 aliphatic heterocycles. The number of nitrogens with two attached hydrogens (primary N) is 1. The van der Waals surface area contributed by atoms with E-state index in [0.717, 1.165) is 0 Å². The van der Waals surface area contributed by atoms with Gasteiger partial charge < -0.3 is 11.1 Å². The first-order chi connectivity index (χ1) is 5.20. The average Bonchev–Trinajstić information content (AvgIpc) is 2.31. The molecule has 0 saturated heterocycles. The van der Waals surface area contributed by atoms with Gasteiger partial charge in [0.1, 0.15) is 11.4 Å². The second kappa shape index (κ2) is 3.00. The number of nitrogens with zero attached hydrogens (tertiary/aromatic N) is 2. The van der Waals surface area contributed by atoms with E-state index in [9.17, 15) is 4.79 Å². The molecule has 0 aliphatic rings. The van der Waals surface area contributed by atoms with Crippen LogP contribution in [0, 0.1) is 6.92 Å². The second-order valence-electron chi connectivity index (χ2n) is 2.01. The minimum atomic E-state index is -0.590. The van der Waals surface area contributed by atoms with Crippen LogP contribution >= 0.6 is 0 Å². The summed E-state index contributed by atoms with van der Waals surface area (Å²) in [6.07, 6.45) is 0. The second-order valence-corrected chi connectivity index (χ2v) is 2.01. The molecule has 1 rings (SSSR count). The van der Waals surface area contributed by atoms with Crippen LogP contribution < -0.4 is 11.1 Å². The van der Waals surface area contributed by atoms with Crippen LogP contribution in [-0.4, -0.2) is 16.3 Å². The van der Waals surface area contributed by atoms with E-state index in [2.05, 4.69) is 20.3 Å². The van der Waals surface area contributed by atoms with E-state index >= 15 is 0 Å². The molecular weight excluding hydrogens is 148 g/mol. The topological polar surface area (TPSA) is 94.0 Å². The summed E-state index contributed by atoms with van der Waals surface area (Å²) in [5, 5.41) is 9.41. The molecule has 0 aliphatic carbocycles. The van der Waals surface area contributed by atoms with Crippen LogP contribution in [0.3, 0.4) is 0 Å². The van der Waals surface area contributed by atoms with Crippen LogP contribution in [0.4, 0.5) is 4.79 Å². The van der Waals surface area contributed by atoms with Crippen molar-refractivity contribution < 1.29 is 9.42 Å². The zero-order valence-electron chi connectivity index (χ0n) is 6.00. The van der Waals surface area contributed by atoms with E-state index < -0.39 is 6.03 Å². The molecule has 6 heteroatoms. The van der Waals surface area contributed by atoms with E-state index in [4.69, 9.17) is 5.73 Å². The van der Waals surface area contributed by atoms with Crippen molar-refractivity contribution in [2.75, 3.05) is 0 Å². The lowest BCUT2D eigenvalue weighted by molar-refractivity contribution is 0.248. The number of rotatable bonds is 2. The van der Waals surface area contributed by atoms with Gasteiger partial charge in [0.25, 0.3) is 0 Å². The lowest BCUT2D eigenvalue weighted by atomic mass is 10.3. The largest absolute Gasteiger partial charge is 0.352 e. The monoisotopic (exact) mass is 156 g/mol. The molecule has 0 radical (unpaired) electrons. The maximum Gasteiger partial charge on any atom is 0.312 e. The predicted octanol–water partition coefficient (Wildman–Crippen LogP) is -0.454. The van der Waals surface area contributed by atoms with E-state index in [-0.39, 0.29) is 6.54 Å². The van der Waals surface area contributed by atoms with Crippen LogP contribution in [-0.2, 0) is 6.54 Å². The number of amides is 2. The van der Waals surface area contributed by atoms with E-state index in [1.54, 1.807) is 6.92 Å². The molecular formula is C5H8N4O2. The van der Waals surface area contributed by atoms with Gasteiger partial charge in [-0.2, -0.15) is 0 Å². The third kappa shape index (κ3) is 1.92. The lowest BCUT2D eigenvalue weighted by Gasteiger charge is -1.95. The van der Waals surface area contributed by atoms with Gasteiger partial charge in [-0.05, 0) is 6.92 Å². The third-order valence-electron chi connectivity index (χ3n) is 1.18. The lowest BCUT2D eigenvalue weighted by Crippen LogP contribution is -2.28. The third-order valence-corrected chi connectivity index (χ3v) is 1.18. The van der Waals surface area contributed by atoms with Crippen LogP contribution in [0.15, 0.2) is 4.63 Å². The van der Waals surface area contributed by atoms with Gasteiger partial charge >= 0.3 is 6.03 Å². The number of urea groups is 1. The zero-order valence-corrected chi connectivity index (χ0v) is 6.00. The molecule has 0 bridgehead atoms. The van der Waals surface area contributed by atoms with Gasteiger partial charge in [0, 0.05) is 0 Å². The van der Waals surface area contributed by atoms with Gasteiger partial charge in [-0.15, -0.1) is 0 Å². The molecule has 11 heavy (non-hydrogen) atoms. The van der Waals surface area contributed by atoms with Gasteiger partial charge in [-0.3, -0.25) is 0 Å². The number of carbonyl (C=O) groups excluding carboxylic acids is 1. The fourth-order valence-corrected chi connectivity index (χ4v) is 0.581. The Balaban J connectivity index is 2.51. The minimum Gasteiger partial charge on any atom is -0.352 e. The SMILES string of the molecule is Cc1nonc1CNC(N)=O. The summed E-state index contributed by atoms with van der Waals surface area (Å²) in [6.45, 7) is 1.99. The quantitative estimate of drug-likeness (QED) is 0.606. The van der Waals surface area contributed by atoms with Gasteiger partial charge in [-0.25, -0.2) is 9.42 Å². The highest BCUT2D eigenvalue weighted by Crippen LogP contribution is 1.98. The Bertz CT molecular complexity index is 257. The molecule has 60 valence electrons. The van der Waals surface area contributed by atoms with Crippen molar-refractivity contribution in [2.24, 2.45) is 5.73 Å². The molecule has 0 unspecified atom stereocenters. The van der Waals surface area contributed by atoms with Gasteiger partial charge in [-0.1, -0.05) is 10.3 Å². The number of aromatic nitrogens is 2. The highest BCUT2D eigenvalue weighted by Gasteiger charge is 2.04. The van der Waals surface area contributed by atoms with Crippen LogP contribution in [0.2, 0.25) is 0 Å². The summed E-state index contributed by atoms with van der Waals surface area (Å²) in [6, 6.07) is -0.590. The molecule has 1 aromatic rings. The number of hydrogen-bond acceptors (Lipinski definition) is 4. The fourth-order valence-electron chi connectivity index (χ4n) is 0.581. The van der Waals surface area contributed by atoms with Gasteiger partial charge in [0.2, 0.25) is 0 Å². The first-order valence-electron chi connectivity index (χ1n) is 3.01. The Morgan fingerprint density at radius 3 is 2.91 bits per heavy atom. The van der Waals surface area contributed by atoms with Crippen molar-refractivity contribution in [3.8, 4) is 0 Å². The summed E-state index contributed by atoms with van der Waals surface area (Å²) in [5.74, 6) is 0. The predicted molar refractivity (Wildman–Crippen MR) is 35.5 cm³/mol. The fraction of sp³-hybridized carbons (Fsp3) is 0.400. The molecule has 0 spiro atoms. The first-order valence-corrected chi connectivity index (χ1v) is 3.01. The van der Waals surface area contributed by atoms with Crippen molar-refractivity contribution in [3.63, 3.8) is 0 Å². The van der Waals surface area contributed by atoms with E-state index in [1.165, 1.54) is 0 Å². The van der Waals surface area contributed by atoms with Crippen LogP contribution in [0.25, 0.3) is 0 Å². The molecule has 1 heterocycles. The van der Waals surface area contributed by atoms with Crippen LogP contribution in [0.1, 0.15) is 11.4 Å². The average molecular weight is 156 g/mol. The molecule has 1 aromatic heterocycles. The summed E-state index contributed by atoms with van der Waals surface area (Å²) >= 11 is 0. The Labute approximate surface area is 62.7 Å². The summed E-state index contributed by atoms with van der Waals surface area (Å²) in [4.78, 5) is 10.2. The molecule has 0 fully saturated rings. The first kappa shape index (κ1) is 7.52.